The summed E-state index contributed by atoms with van der Waals surface area (Å²) in [6.07, 6.45) is 4.09. The molecule has 21 heavy (non-hydrogen) atoms. The van der Waals surface area contributed by atoms with Crippen LogP contribution in [-0.2, 0) is 4.79 Å². The second kappa shape index (κ2) is 5.68. The number of nitrogens with zero attached hydrogens (tertiary/aromatic N) is 1. The molecule has 1 fully saturated rings. The van der Waals surface area contributed by atoms with Gasteiger partial charge < -0.3 is 10.0 Å². The first-order valence-corrected chi connectivity index (χ1v) is 6.84. The number of carboxylic acid groups (broad SMARTS) is 1. The fraction of sp³-hybridized carbons (Fsp3) is 0.375. The molecule has 1 saturated heterocycles. The number of rotatable bonds is 3. The van der Waals surface area contributed by atoms with Crippen LogP contribution < -0.4 is 0 Å². The number of benzene rings is 1. The molecule has 0 spiro atoms. The predicted molar refractivity (Wildman–Crippen MR) is 77.4 cm³/mol. The van der Waals surface area contributed by atoms with Crippen LogP contribution in [0.3, 0.4) is 0 Å². The summed E-state index contributed by atoms with van der Waals surface area (Å²) in [4.78, 5) is 24.7. The molecule has 1 aromatic rings. The van der Waals surface area contributed by atoms with Gasteiger partial charge in [0.15, 0.2) is 0 Å². The second-order valence-corrected chi connectivity index (χ2v) is 5.78. The van der Waals surface area contributed by atoms with E-state index in [9.17, 15) is 14.0 Å². The zero-order chi connectivity index (χ0) is 15.6. The topological polar surface area (TPSA) is 57.6 Å². The van der Waals surface area contributed by atoms with E-state index in [1.165, 1.54) is 24.3 Å². The molecule has 1 aromatic carbocycles. The Labute approximate surface area is 122 Å². The van der Waals surface area contributed by atoms with Crippen molar-refractivity contribution in [2.24, 2.45) is 0 Å². The monoisotopic (exact) mass is 291 g/mol. The molecule has 2 rings (SSSR count). The van der Waals surface area contributed by atoms with Crippen LogP contribution >= 0.6 is 0 Å². The summed E-state index contributed by atoms with van der Waals surface area (Å²) < 4.78 is 13.9. The number of hydrogen-bond acceptors (Lipinski definition) is 2. The van der Waals surface area contributed by atoms with Gasteiger partial charge in [-0.15, -0.1) is 0 Å². The van der Waals surface area contributed by atoms with Gasteiger partial charge in [-0.05, 0) is 50.5 Å². The molecule has 1 amide bonds. The van der Waals surface area contributed by atoms with Crippen molar-refractivity contribution in [3.63, 3.8) is 0 Å². The van der Waals surface area contributed by atoms with Gasteiger partial charge in [0.2, 0.25) is 0 Å². The fourth-order valence-corrected chi connectivity index (χ4v) is 2.61. The van der Waals surface area contributed by atoms with Gasteiger partial charge in [0.1, 0.15) is 5.82 Å². The van der Waals surface area contributed by atoms with E-state index in [2.05, 4.69) is 0 Å². The number of carboxylic acids is 1. The van der Waals surface area contributed by atoms with E-state index >= 15 is 0 Å². The second-order valence-electron chi connectivity index (χ2n) is 5.78. The zero-order valence-corrected chi connectivity index (χ0v) is 12.1. The van der Waals surface area contributed by atoms with Gasteiger partial charge in [-0.3, -0.25) is 4.79 Å². The van der Waals surface area contributed by atoms with Crippen molar-refractivity contribution in [3.05, 3.63) is 41.2 Å². The minimum atomic E-state index is -1.09. The Morgan fingerprint density at radius 1 is 1.38 bits per heavy atom. The number of carbonyl (C=O) groups excluding carboxylic acids is 1. The van der Waals surface area contributed by atoms with Gasteiger partial charge in [-0.1, -0.05) is 6.07 Å². The van der Waals surface area contributed by atoms with Crippen molar-refractivity contribution in [2.75, 3.05) is 6.54 Å². The average Bonchev–Trinajstić information content (AvgIpc) is 2.76. The van der Waals surface area contributed by atoms with Gasteiger partial charge in [0, 0.05) is 18.2 Å². The molecule has 112 valence electrons. The van der Waals surface area contributed by atoms with Gasteiger partial charge in [0.05, 0.1) is 5.56 Å². The number of halogens is 1. The van der Waals surface area contributed by atoms with Crippen LogP contribution in [0.15, 0.2) is 24.3 Å². The van der Waals surface area contributed by atoms with Crippen molar-refractivity contribution in [2.45, 2.75) is 32.2 Å². The van der Waals surface area contributed by atoms with Gasteiger partial charge in [-0.25, -0.2) is 9.18 Å². The standard InChI is InChI=1S/C16H18FNO3/c1-16(2)8-3-9-18(16)15(21)12-10-11(4-6-13(12)17)5-7-14(19)20/h4-7,10H,3,8-9H2,1-2H3,(H,19,20). The van der Waals surface area contributed by atoms with E-state index in [1.807, 2.05) is 13.8 Å². The van der Waals surface area contributed by atoms with E-state index in [-0.39, 0.29) is 17.0 Å². The first-order chi connectivity index (χ1) is 9.81. The molecule has 0 atom stereocenters. The fourth-order valence-electron chi connectivity index (χ4n) is 2.61. The largest absolute Gasteiger partial charge is 0.478 e. The lowest BCUT2D eigenvalue weighted by Crippen LogP contribution is -2.43. The molecule has 1 aliphatic heterocycles. The molecule has 1 heterocycles. The number of carbonyl (C=O) groups is 2. The van der Waals surface area contributed by atoms with E-state index in [0.717, 1.165) is 18.9 Å². The number of hydrogen-bond donors (Lipinski definition) is 1. The van der Waals surface area contributed by atoms with E-state index in [0.29, 0.717) is 12.1 Å². The molecule has 0 bridgehead atoms. The lowest BCUT2D eigenvalue weighted by molar-refractivity contribution is -0.131. The van der Waals surface area contributed by atoms with Crippen LogP contribution in [0, 0.1) is 5.82 Å². The highest BCUT2D eigenvalue weighted by Gasteiger charge is 2.36. The normalized spacial score (nSPS) is 17.4. The molecule has 4 nitrogen and oxygen atoms in total. The van der Waals surface area contributed by atoms with E-state index in [4.69, 9.17) is 5.11 Å². The summed E-state index contributed by atoms with van der Waals surface area (Å²) >= 11 is 0. The number of aliphatic carboxylic acids is 1. The summed E-state index contributed by atoms with van der Waals surface area (Å²) in [5.41, 5.74) is 0.188. The predicted octanol–water partition coefficient (Wildman–Crippen LogP) is 2.94. The maximum absolute atomic E-state index is 13.9. The van der Waals surface area contributed by atoms with Crippen LogP contribution in [0.1, 0.15) is 42.6 Å². The molecule has 1 aliphatic rings. The molecule has 0 aliphatic carbocycles. The third-order valence-corrected chi connectivity index (χ3v) is 3.79. The summed E-state index contributed by atoms with van der Waals surface area (Å²) in [6, 6.07) is 4.03. The van der Waals surface area contributed by atoms with Crippen molar-refractivity contribution >= 4 is 18.0 Å². The lowest BCUT2D eigenvalue weighted by atomic mass is 10.0. The third-order valence-electron chi connectivity index (χ3n) is 3.79. The van der Waals surface area contributed by atoms with Crippen LogP contribution in [-0.4, -0.2) is 34.0 Å². The lowest BCUT2D eigenvalue weighted by Gasteiger charge is -2.31. The third kappa shape index (κ3) is 3.29. The van der Waals surface area contributed by atoms with E-state index in [1.54, 1.807) is 4.90 Å². The highest BCUT2D eigenvalue weighted by molar-refractivity contribution is 5.96. The first-order valence-electron chi connectivity index (χ1n) is 6.84. The zero-order valence-electron chi connectivity index (χ0n) is 12.1. The first kappa shape index (κ1) is 15.2. The van der Waals surface area contributed by atoms with E-state index < -0.39 is 11.8 Å². The van der Waals surface area contributed by atoms with Crippen LogP contribution in [0.5, 0.6) is 0 Å². The molecular weight excluding hydrogens is 273 g/mol. The highest BCUT2D eigenvalue weighted by Crippen LogP contribution is 2.30. The molecule has 0 unspecified atom stereocenters. The van der Waals surface area contributed by atoms with Crippen LogP contribution in [0.2, 0.25) is 0 Å². The minimum absolute atomic E-state index is 0.0162. The Kier molecular flexibility index (Phi) is 4.11. The van der Waals surface area contributed by atoms with Crippen LogP contribution in [0.4, 0.5) is 4.39 Å². The average molecular weight is 291 g/mol. The summed E-state index contributed by atoms with van der Waals surface area (Å²) in [7, 11) is 0. The van der Waals surface area contributed by atoms with Gasteiger partial charge in [0.25, 0.3) is 5.91 Å². The van der Waals surface area contributed by atoms with Crippen LogP contribution in [0.25, 0.3) is 6.08 Å². The summed E-state index contributed by atoms with van der Waals surface area (Å²) in [5.74, 6) is -2.02. The molecule has 0 aromatic heterocycles. The minimum Gasteiger partial charge on any atom is -0.478 e. The molecule has 5 heteroatoms. The number of likely N-dealkylation sites (tertiary alicyclic amines) is 1. The molecular formula is C16H18FNO3. The molecule has 1 N–H and O–H groups in total. The van der Waals surface area contributed by atoms with Gasteiger partial charge >= 0.3 is 5.97 Å². The molecule has 0 radical (unpaired) electrons. The van der Waals surface area contributed by atoms with Crippen molar-refractivity contribution in [1.29, 1.82) is 0 Å². The van der Waals surface area contributed by atoms with Crippen molar-refractivity contribution in [1.82, 2.24) is 4.90 Å². The Hall–Kier alpha value is -2.17. The van der Waals surface area contributed by atoms with Gasteiger partial charge in [-0.2, -0.15) is 0 Å². The Bertz CT molecular complexity index is 608. The quantitative estimate of drug-likeness (QED) is 0.871. The molecule has 0 saturated carbocycles. The Balaban J connectivity index is 2.32. The van der Waals surface area contributed by atoms with Crippen molar-refractivity contribution in [3.8, 4) is 0 Å². The SMILES string of the molecule is CC1(C)CCCN1C(=O)c1cc(C=CC(=O)O)ccc1F. The Morgan fingerprint density at radius 2 is 2.10 bits per heavy atom. The maximum Gasteiger partial charge on any atom is 0.328 e. The maximum atomic E-state index is 13.9. The number of amides is 1. The summed E-state index contributed by atoms with van der Waals surface area (Å²) in [5, 5.41) is 8.61. The highest BCUT2D eigenvalue weighted by atomic mass is 19.1. The van der Waals surface area contributed by atoms with Crippen molar-refractivity contribution < 1.29 is 19.1 Å². The summed E-state index contributed by atoms with van der Waals surface area (Å²) in [6.45, 7) is 4.54. The smallest absolute Gasteiger partial charge is 0.328 e. The Morgan fingerprint density at radius 3 is 2.67 bits per heavy atom.